The summed E-state index contributed by atoms with van der Waals surface area (Å²) in [4.78, 5) is 2.88. The summed E-state index contributed by atoms with van der Waals surface area (Å²) < 4.78 is 61.0. The van der Waals surface area contributed by atoms with Crippen LogP contribution >= 0.6 is 0 Å². The summed E-state index contributed by atoms with van der Waals surface area (Å²) in [5.74, 6) is -1.87. The Hall–Kier alpha value is -2.81. The fourth-order valence-corrected chi connectivity index (χ4v) is 3.03. The van der Waals surface area contributed by atoms with Crippen LogP contribution in [0.2, 0.25) is 0 Å². The lowest BCUT2D eigenvalue weighted by Crippen LogP contribution is -2.13. The van der Waals surface area contributed by atoms with Crippen LogP contribution in [0, 0.1) is 18.6 Å². The third kappa shape index (κ3) is 3.11. The van der Waals surface area contributed by atoms with Crippen LogP contribution in [-0.4, -0.2) is 18.6 Å². The van der Waals surface area contributed by atoms with E-state index in [0.717, 1.165) is 18.2 Å². The molecule has 0 fully saturated rings. The first-order valence-electron chi connectivity index (χ1n) is 6.66. The molecule has 1 heterocycles. The highest BCUT2D eigenvalue weighted by Gasteiger charge is 2.26. The quantitative estimate of drug-likeness (QED) is 0.671. The molecule has 6 nitrogen and oxygen atoms in total. The van der Waals surface area contributed by atoms with Crippen molar-refractivity contribution >= 4 is 10.1 Å². The van der Waals surface area contributed by atoms with Gasteiger partial charge in [-0.15, -0.1) is 0 Å². The van der Waals surface area contributed by atoms with Crippen LogP contribution in [0.15, 0.2) is 51.9 Å². The van der Waals surface area contributed by atoms with Crippen molar-refractivity contribution in [1.82, 2.24) is 10.1 Å². The maximum absolute atomic E-state index is 13.6. The first kappa shape index (κ1) is 16.1. The Balaban J connectivity index is 1.88. The van der Waals surface area contributed by atoms with Gasteiger partial charge in [-0.1, -0.05) is 11.2 Å². The lowest BCUT2D eigenvalue weighted by Gasteiger charge is -2.08. The summed E-state index contributed by atoms with van der Waals surface area (Å²) in [5, 5.41) is 3.72. The van der Waals surface area contributed by atoms with E-state index in [-0.39, 0.29) is 5.75 Å². The molecule has 0 unspecified atom stereocenters. The SMILES string of the molecule is Cc1nc(-c2ccc(OS(=O)(=O)c3c(F)cccc3F)cc2)no1. The lowest BCUT2D eigenvalue weighted by atomic mass is 10.2. The molecule has 0 aliphatic heterocycles. The molecule has 0 N–H and O–H groups in total. The third-order valence-corrected chi connectivity index (χ3v) is 4.32. The molecule has 0 saturated carbocycles. The molecule has 0 saturated heterocycles. The summed E-state index contributed by atoms with van der Waals surface area (Å²) in [6, 6.07) is 8.35. The molecule has 0 radical (unpaired) electrons. The van der Waals surface area contributed by atoms with Crippen LogP contribution in [0.3, 0.4) is 0 Å². The fraction of sp³-hybridized carbons (Fsp3) is 0.0667. The fourth-order valence-electron chi connectivity index (χ4n) is 1.97. The molecule has 124 valence electrons. The number of hydrogen-bond acceptors (Lipinski definition) is 6. The zero-order chi connectivity index (χ0) is 17.3. The standard InChI is InChI=1S/C15H10F2N2O4S/c1-9-18-15(19-22-9)10-5-7-11(8-6-10)23-24(20,21)14-12(16)3-2-4-13(14)17/h2-8H,1H3. The first-order valence-corrected chi connectivity index (χ1v) is 8.07. The molecule has 2 aromatic carbocycles. The molecule has 0 bridgehead atoms. The zero-order valence-corrected chi connectivity index (χ0v) is 13.0. The summed E-state index contributed by atoms with van der Waals surface area (Å²) in [7, 11) is -4.65. The molecule has 3 aromatic rings. The lowest BCUT2D eigenvalue weighted by molar-refractivity contribution is 0.394. The van der Waals surface area contributed by atoms with Gasteiger partial charge in [0.05, 0.1) is 0 Å². The molecule has 0 atom stereocenters. The minimum atomic E-state index is -4.65. The molecule has 0 aliphatic rings. The van der Waals surface area contributed by atoms with Crippen molar-refractivity contribution in [3.05, 3.63) is 60.0 Å². The second kappa shape index (κ2) is 6.00. The normalized spacial score (nSPS) is 11.5. The molecule has 0 spiro atoms. The Morgan fingerprint density at radius 3 is 2.21 bits per heavy atom. The number of hydrogen-bond donors (Lipinski definition) is 0. The van der Waals surface area contributed by atoms with Crippen LogP contribution in [0.4, 0.5) is 8.78 Å². The van der Waals surface area contributed by atoms with E-state index in [1.165, 1.54) is 24.3 Å². The first-order chi connectivity index (χ1) is 11.4. The zero-order valence-electron chi connectivity index (χ0n) is 12.2. The number of benzene rings is 2. The minimum Gasteiger partial charge on any atom is -0.379 e. The van der Waals surface area contributed by atoms with Crippen LogP contribution in [0.1, 0.15) is 5.89 Å². The molecule has 3 rings (SSSR count). The number of nitrogens with zero attached hydrogens (tertiary/aromatic N) is 2. The number of halogens is 2. The van der Waals surface area contributed by atoms with Gasteiger partial charge in [0.1, 0.15) is 17.4 Å². The average Bonchev–Trinajstić information content (AvgIpc) is 2.93. The van der Waals surface area contributed by atoms with Gasteiger partial charge in [0, 0.05) is 12.5 Å². The predicted octanol–water partition coefficient (Wildman–Crippen LogP) is 3.09. The Morgan fingerprint density at radius 1 is 1.04 bits per heavy atom. The second-order valence-electron chi connectivity index (χ2n) is 4.75. The van der Waals surface area contributed by atoms with Gasteiger partial charge in [-0.2, -0.15) is 13.4 Å². The van der Waals surface area contributed by atoms with Crippen molar-refractivity contribution in [2.45, 2.75) is 11.8 Å². The van der Waals surface area contributed by atoms with Gasteiger partial charge in [-0.05, 0) is 36.4 Å². The van der Waals surface area contributed by atoms with E-state index in [9.17, 15) is 17.2 Å². The average molecular weight is 352 g/mol. The summed E-state index contributed by atoms with van der Waals surface area (Å²) in [5.41, 5.74) is 0.564. The maximum atomic E-state index is 13.6. The van der Waals surface area contributed by atoms with Crippen molar-refractivity contribution in [3.8, 4) is 17.1 Å². The van der Waals surface area contributed by atoms with E-state index >= 15 is 0 Å². The molecular formula is C15H10F2N2O4S. The minimum absolute atomic E-state index is 0.110. The molecule has 1 aromatic heterocycles. The topological polar surface area (TPSA) is 82.3 Å². The highest BCUT2D eigenvalue weighted by atomic mass is 32.2. The van der Waals surface area contributed by atoms with Crippen LogP contribution in [-0.2, 0) is 10.1 Å². The van der Waals surface area contributed by atoms with Gasteiger partial charge < -0.3 is 8.71 Å². The highest BCUT2D eigenvalue weighted by Crippen LogP contribution is 2.25. The van der Waals surface area contributed by atoms with Gasteiger partial charge in [0.2, 0.25) is 11.7 Å². The Bertz CT molecular complexity index is 965. The largest absolute Gasteiger partial charge is 0.379 e. The van der Waals surface area contributed by atoms with Gasteiger partial charge in [0.15, 0.2) is 4.90 Å². The smallest absolute Gasteiger partial charge is 0.345 e. The van der Waals surface area contributed by atoms with Crippen molar-refractivity contribution in [2.75, 3.05) is 0 Å². The Kier molecular flexibility index (Phi) is 4.02. The van der Waals surface area contributed by atoms with Crippen molar-refractivity contribution in [1.29, 1.82) is 0 Å². The van der Waals surface area contributed by atoms with Crippen molar-refractivity contribution < 1.29 is 25.9 Å². The summed E-state index contributed by atoms with van der Waals surface area (Å²) >= 11 is 0. The monoisotopic (exact) mass is 352 g/mol. The predicted molar refractivity (Wildman–Crippen MR) is 78.6 cm³/mol. The number of aryl methyl sites for hydroxylation is 1. The van der Waals surface area contributed by atoms with Gasteiger partial charge in [-0.25, -0.2) is 8.78 Å². The van der Waals surface area contributed by atoms with Crippen LogP contribution < -0.4 is 4.18 Å². The highest BCUT2D eigenvalue weighted by molar-refractivity contribution is 7.87. The van der Waals surface area contributed by atoms with Gasteiger partial charge in [-0.3, -0.25) is 0 Å². The van der Waals surface area contributed by atoms with Crippen LogP contribution in [0.5, 0.6) is 5.75 Å². The van der Waals surface area contributed by atoms with E-state index in [4.69, 9.17) is 8.71 Å². The van der Waals surface area contributed by atoms with E-state index in [0.29, 0.717) is 17.3 Å². The molecule has 9 heteroatoms. The Morgan fingerprint density at radius 2 is 1.67 bits per heavy atom. The van der Waals surface area contributed by atoms with Gasteiger partial charge in [0.25, 0.3) is 0 Å². The maximum Gasteiger partial charge on any atom is 0.345 e. The van der Waals surface area contributed by atoms with Gasteiger partial charge >= 0.3 is 10.1 Å². The molecule has 24 heavy (non-hydrogen) atoms. The van der Waals surface area contributed by atoms with E-state index in [1.54, 1.807) is 6.92 Å². The molecular weight excluding hydrogens is 342 g/mol. The number of aromatic nitrogens is 2. The summed E-state index contributed by atoms with van der Waals surface area (Å²) in [6.45, 7) is 1.63. The third-order valence-electron chi connectivity index (χ3n) is 3.01. The van der Waals surface area contributed by atoms with E-state index in [1.807, 2.05) is 0 Å². The van der Waals surface area contributed by atoms with Crippen molar-refractivity contribution in [2.24, 2.45) is 0 Å². The number of rotatable bonds is 4. The summed E-state index contributed by atoms with van der Waals surface area (Å²) in [6.07, 6.45) is 0. The molecule has 0 aliphatic carbocycles. The van der Waals surface area contributed by atoms with Crippen LogP contribution in [0.25, 0.3) is 11.4 Å². The Labute approximate surface area is 135 Å². The molecule has 0 amide bonds. The van der Waals surface area contributed by atoms with Crippen molar-refractivity contribution in [3.63, 3.8) is 0 Å². The van der Waals surface area contributed by atoms with E-state index < -0.39 is 26.6 Å². The second-order valence-corrected chi connectivity index (χ2v) is 6.23. The van der Waals surface area contributed by atoms with E-state index in [2.05, 4.69) is 10.1 Å².